The number of aliphatic imine (C=N–C) groups is 1. The summed E-state index contributed by atoms with van der Waals surface area (Å²) in [5.74, 6) is 0.924. The number of methoxy groups -OCH3 is 1. The van der Waals surface area contributed by atoms with Crippen LogP contribution in [0.4, 0.5) is 5.69 Å². The molecule has 3 rings (SSSR count). The Kier molecular flexibility index (Phi) is 3.27. The van der Waals surface area contributed by atoms with Crippen LogP contribution in [0.25, 0.3) is 0 Å². The lowest BCUT2D eigenvalue weighted by Gasteiger charge is -2.26. The van der Waals surface area contributed by atoms with Crippen LogP contribution in [0, 0.1) is 0 Å². The lowest BCUT2D eigenvalue weighted by atomic mass is 9.86. The maximum atomic E-state index is 10.9. The summed E-state index contributed by atoms with van der Waals surface area (Å²) >= 11 is 0. The maximum Gasteiger partial charge on any atom is 0.235 e. The first-order chi connectivity index (χ1) is 9.72. The van der Waals surface area contributed by atoms with Crippen molar-refractivity contribution in [2.75, 3.05) is 25.6 Å². The summed E-state index contributed by atoms with van der Waals surface area (Å²) in [6, 6.07) is 4.23. The number of anilines is 1. The van der Waals surface area contributed by atoms with Gasteiger partial charge >= 0.3 is 0 Å². The van der Waals surface area contributed by atoms with Crippen LogP contribution in [-0.4, -0.2) is 26.8 Å². The monoisotopic (exact) mass is 272 g/mol. The molecular formula is C16H20N2O2. The second-order valence-electron chi connectivity index (χ2n) is 5.76. The lowest BCUT2D eigenvalue weighted by molar-refractivity contribution is 0.376. The van der Waals surface area contributed by atoms with Gasteiger partial charge in [-0.3, -0.25) is 0 Å². The second-order valence-corrected chi connectivity index (χ2v) is 5.76. The van der Waals surface area contributed by atoms with Crippen molar-refractivity contribution in [2.45, 2.75) is 37.6 Å². The molecule has 1 fully saturated rings. The Morgan fingerprint density at radius 2 is 2.10 bits per heavy atom. The molecule has 0 aromatic heterocycles. The van der Waals surface area contributed by atoms with Crippen molar-refractivity contribution in [1.82, 2.24) is 0 Å². The Labute approximate surface area is 119 Å². The van der Waals surface area contributed by atoms with Crippen molar-refractivity contribution in [1.29, 1.82) is 0 Å². The summed E-state index contributed by atoms with van der Waals surface area (Å²) < 4.78 is 5.70. The Morgan fingerprint density at radius 3 is 2.75 bits per heavy atom. The third kappa shape index (κ3) is 1.83. The molecule has 0 saturated heterocycles. The van der Waals surface area contributed by atoms with Crippen LogP contribution in [0.1, 0.15) is 36.8 Å². The van der Waals surface area contributed by atoms with Gasteiger partial charge in [0.1, 0.15) is 11.3 Å². The van der Waals surface area contributed by atoms with Crippen molar-refractivity contribution < 1.29 is 9.53 Å². The molecule has 0 N–H and O–H groups in total. The Hall–Kier alpha value is -1.80. The molecule has 20 heavy (non-hydrogen) atoms. The summed E-state index contributed by atoms with van der Waals surface area (Å²) in [7, 11) is 3.81. The minimum absolute atomic E-state index is 0.413. The number of rotatable bonds is 3. The molecule has 2 aliphatic rings. The van der Waals surface area contributed by atoms with Crippen molar-refractivity contribution in [3.8, 4) is 5.75 Å². The lowest BCUT2D eigenvalue weighted by Crippen LogP contribution is -2.20. The van der Waals surface area contributed by atoms with Gasteiger partial charge in [-0.05, 0) is 25.3 Å². The zero-order valence-electron chi connectivity index (χ0n) is 12.1. The Balaban J connectivity index is 2.17. The quantitative estimate of drug-likeness (QED) is 0.627. The molecule has 1 aromatic rings. The molecule has 1 heterocycles. The number of ether oxygens (including phenoxy) is 1. The molecule has 1 aliphatic carbocycles. The molecule has 4 nitrogen and oxygen atoms in total. The number of nitrogens with zero attached hydrogens (tertiary/aromatic N) is 2. The van der Waals surface area contributed by atoms with Gasteiger partial charge in [0.2, 0.25) is 6.08 Å². The number of isocyanates is 1. The van der Waals surface area contributed by atoms with E-state index in [1.165, 1.54) is 11.3 Å². The molecule has 106 valence electrons. The Bertz CT molecular complexity index is 570. The highest BCUT2D eigenvalue weighted by Gasteiger charge is 2.39. The molecule has 1 aromatic carbocycles. The van der Waals surface area contributed by atoms with E-state index in [9.17, 15) is 4.79 Å². The normalized spacial score (nSPS) is 19.6. The molecule has 0 unspecified atom stereocenters. The summed E-state index contributed by atoms with van der Waals surface area (Å²) in [4.78, 5) is 17.3. The van der Waals surface area contributed by atoms with E-state index in [0.717, 1.165) is 50.0 Å². The van der Waals surface area contributed by atoms with E-state index in [2.05, 4.69) is 29.1 Å². The van der Waals surface area contributed by atoms with Crippen molar-refractivity contribution >= 4 is 11.8 Å². The minimum atomic E-state index is -0.413. The number of benzene rings is 1. The van der Waals surface area contributed by atoms with Gasteiger partial charge in [0.15, 0.2) is 0 Å². The zero-order chi connectivity index (χ0) is 14.2. The van der Waals surface area contributed by atoms with Gasteiger partial charge < -0.3 is 9.64 Å². The van der Waals surface area contributed by atoms with Crippen molar-refractivity contribution in [2.24, 2.45) is 4.99 Å². The first kappa shape index (κ1) is 13.2. The zero-order valence-corrected chi connectivity index (χ0v) is 12.1. The summed E-state index contributed by atoms with van der Waals surface area (Å²) in [6.07, 6.45) is 6.80. The second kappa shape index (κ2) is 4.95. The third-order valence-electron chi connectivity index (χ3n) is 4.74. The third-order valence-corrected chi connectivity index (χ3v) is 4.74. The standard InChI is InChI=1S/C16H20N2O2/c1-18-10-7-12-14(18)6-5-13(15(12)20-2)16(17-11-19)8-3-4-9-16/h5-6H,3-4,7-10H2,1-2H3. The first-order valence-electron chi connectivity index (χ1n) is 7.22. The molecule has 4 heteroatoms. The van der Waals surface area contributed by atoms with Gasteiger partial charge in [0, 0.05) is 30.4 Å². The van der Waals surface area contributed by atoms with Crippen LogP contribution >= 0.6 is 0 Å². The van der Waals surface area contributed by atoms with Crippen LogP contribution in [0.15, 0.2) is 17.1 Å². The van der Waals surface area contributed by atoms with E-state index < -0.39 is 5.54 Å². The van der Waals surface area contributed by atoms with Gasteiger partial charge in [0.05, 0.1) is 7.11 Å². The highest BCUT2D eigenvalue weighted by molar-refractivity contribution is 5.66. The predicted octanol–water partition coefficient (Wildman–Crippen LogP) is 2.79. The topological polar surface area (TPSA) is 41.9 Å². The average Bonchev–Trinajstić information content (AvgIpc) is 3.07. The van der Waals surface area contributed by atoms with Gasteiger partial charge in [-0.2, -0.15) is 4.99 Å². The van der Waals surface area contributed by atoms with E-state index >= 15 is 0 Å². The van der Waals surface area contributed by atoms with Gasteiger partial charge in [-0.25, -0.2) is 4.79 Å². The SMILES string of the molecule is COc1c(C2(N=C=O)CCCC2)ccc2c1CCN2C. The summed E-state index contributed by atoms with van der Waals surface area (Å²) in [6.45, 7) is 1.01. The van der Waals surface area contributed by atoms with Crippen LogP contribution in [0.3, 0.4) is 0 Å². The fraction of sp³-hybridized carbons (Fsp3) is 0.562. The molecule has 1 aliphatic heterocycles. The van der Waals surface area contributed by atoms with Crippen LogP contribution < -0.4 is 9.64 Å². The highest BCUT2D eigenvalue weighted by Crippen LogP contribution is 2.49. The van der Waals surface area contributed by atoms with Crippen molar-refractivity contribution in [3.63, 3.8) is 0 Å². The summed E-state index contributed by atoms with van der Waals surface area (Å²) in [5, 5.41) is 0. The minimum Gasteiger partial charge on any atom is -0.496 e. The molecule has 1 saturated carbocycles. The van der Waals surface area contributed by atoms with Crippen LogP contribution in [-0.2, 0) is 16.8 Å². The van der Waals surface area contributed by atoms with E-state index in [0.29, 0.717) is 0 Å². The van der Waals surface area contributed by atoms with E-state index in [1.54, 1.807) is 13.2 Å². The maximum absolute atomic E-state index is 10.9. The Morgan fingerprint density at radius 1 is 1.35 bits per heavy atom. The van der Waals surface area contributed by atoms with Gasteiger partial charge in [0.25, 0.3) is 0 Å². The van der Waals surface area contributed by atoms with E-state index in [1.807, 2.05) is 0 Å². The molecule has 0 amide bonds. The highest BCUT2D eigenvalue weighted by atomic mass is 16.5. The number of hydrogen-bond donors (Lipinski definition) is 0. The summed E-state index contributed by atoms with van der Waals surface area (Å²) in [5.41, 5.74) is 3.13. The fourth-order valence-electron chi connectivity index (χ4n) is 3.70. The molecular weight excluding hydrogens is 252 g/mol. The molecule has 0 radical (unpaired) electrons. The number of fused-ring (bicyclic) bond motifs is 1. The average molecular weight is 272 g/mol. The number of hydrogen-bond acceptors (Lipinski definition) is 4. The molecule has 0 atom stereocenters. The fourth-order valence-corrected chi connectivity index (χ4v) is 3.70. The van der Waals surface area contributed by atoms with Gasteiger partial charge in [-0.1, -0.05) is 18.9 Å². The first-order valence-corrected chi connectivity index (χ1v) is 7.22. The number of likely N-dealkylation sites (N-methyl/N-ethyl adjacent to an activating group) is 1. The van der Waals surface area contributed by atoms with Crippen LogP contribution in [0.2, 0.25) is 0 Å². The number of carbonyl (C=O) groups excluding carboxylic acids is 1. The predicted molar refractivity (Wildman–Crippen MR) is 78.2 cm³/mol. The molecule has 0 bridgehead atoms. The largest absolute Gasteiger partial charge is 0.496 e. The van der Waals surface area contributed by atoms with Crippen molar-refractivity contribution in [3.05, 3.63) is 23.3 Å². The van der Waals surface area contributed by atoms with Crippen LogP contribution in [0.5, 0.6) is 5.75 Å². The van der Waals surface area contributed by atoms with E-state index in [-0.39, 0.29) is 0 Å². The van der Waals surface area contributed by atoms with Gasteiger partial charge in [-0.15, -0.1) is 0 Å². The van der Waals surface area contributed by atoms with E-state index in [4.69, 9.17) is 4.74 Å². The smallest absolute Gasteiger partial charge is 0.235 e. The molecule has 0 spiro atoms.